The number of esters is 1. The number of nitrogens with two attached hydrogens (primary N) is 1. The highest BCUT2D eigenvalue weighted by Gasteiger charge is 2.19. The van der Waals surface area contributed by atoms with Gasteiger partial charge in [-0.15, -0.1) is 0 Å². The number of nitrogens with zero attached hydrogens (tertiary/aromatic N) is 2. The van der Waals surface area contributed by atoms with Gasteiger partial charge in [-0.25, -0.2) is 9.78 Å². The molecule has 5 N–H and O–H groups in total. The maximum Gasteiger partial charge on any atom is 0.335 e. The first-order chi connectivity index (χ1) is 9.42. The van der Waals surface area contributed by atoms with Gasteiger partial charge in [0.2, 0.25) is 5.95 Å². The molecule has 2 aromatic heterocycles. The first-order valence-corrected chi connectivity index (χ1v) is 5.47. The molecule has 0 fully saturated rings. The summed E-state index contributed by atoms with van der Waals surface area (Å²) in [7, 11) is 1.10. The number of anilines is 1. The first kappa shape index (κ1) is 13.7. The van der Waals surface area contributed by atoms with E-state index in [0.717, 1.165) is 7.11 Å². The number of H-pyrrole nitrogens is 2. The third-order valence-electron chi connectivity index (χ3n) is 2.51. The van der Waals surface area contributed by atoms with Gasteiger partial charge in [0.15, 0.2) is 17.3 Å². The molecule has 0 aromatic carbocycles. The van der Waals surface area contributed by atoms with Gasteiger partial charge in [-0.05, 0) is 0 Å². The highest BCUT2D eigenvalue weighted by Crippen LogP contribution is 2.02. The predicted molar refractivity (Wildman–Crippen MR) is 66.9 cm³/mol. The van der Waals surface area contributed by atoms with E-state index in [1.54, 1.807) is 0 Å². The highest BCUT2D eigenvalue weighted by atomic mass is 16.5. The molecule has 0 aliphatic carbocycles. The van der Waals surface area contributed by atoms with Crippen LogP contribution in [0, 0.1) is 0 Å². The van der Waals surface area contributed by atoms with Crippen LogP contribution < -0.4 is 16.9 Å². The zero-order chi connectivity index (χ0) is 14.9. The van der Waals surface area contributed by atoms with Crippen LogP contribution in [0.1, 0.15) is 5.69 Å². The van der Waals surface area contributed by atoms with Gasteiger partial charge in [0.1, 0.15) is 5.69 Å². The number of rotatable bonds is 3. The van der Waals surface area contributed by atoms with Crippen molar-refractivity contribution in [3.63, 3.8) is 0 Å². The summed E-state index contributed by atoms with van der Waals surface area (Å²) in [4.78, 5) is 46.5. The van der Waals surface area contributed by atoms with E-state index in [2.05, 4.69) is 24.7 Å². The molecule has 2 rings (SSSR count). The van der Waals surface area contributed by atoms with Crippen molar-refractivity contribution >= 4 is 23.1 Å². The Morgan fingerprint density at radius 3 is 2.70 bits per heavy atom. The van der Waals surface area contributed by atoms with E-state index >= 15 is 0 Å². The van der Waals surface area contributed by atoms with Gasteiger partial charge in [0, 0.05) is 6.42 Å². The fourth-order valence-corrected chi connectivity index (χ4v) is 1.58. The monoisotopic (exact) mass is 281 g/mol. The number of nitrogen functional groups attached to an aromatic ring is 1. The minimum Gasteiger partial charge on any atom is -0.467 e. The van der Waals surface area contributed by atoms with Crippen LogP contribution in [0.3, 0.4) is 0 Å². The van der Waals surface area contributed by atoms with Crippen LogP contribution in [0.4, 0.5) is 5.95 Å². The molecule has 2 aromatic rings. The number of hydrogen-bond acceptors (Lipinski definition) is 8. The third-order valence-corrected chi connectivity index (χ3v) is 2.51. The molecule has 0 aliphatic heterocycles. The first-order valence-electron chi connectivity index (χ1n) is 5.47. The van der Waals surface area contributed by atoms with Crippen LogP contribution in [0.2, 0.25) is 0 Å². The van der Waals surface area contributed by atoms with Crippen molar-refractivity contribution in [3.8, 4) is 0 Å². The molecule has 0 radical (unpaired) electrons. The fraction of sp³-hybridized carbons (Fsp3) is 0.300. The maximum absolute atomic E-state index is 11.7. The number of aliphatic hydroxyl groups is 1. The number of nitrogens with one attached hydrogen (secondary N) is 2. The molecule has 0 aliphatic rings. The number of aromatic amines is 2. The minimum atomic E-state index is -1.55. The molecule has 2 heterocycles. The normalized spacial score (nSPS) is 12.3. The van der Waals surface area contributed by atoms with E-state index in [0.29, 0.717) is 0 Å². The summed E-state index contributed by atoms with van der Waals surface area (Å²) < 4.78 is 4.33. The third kappa shape index (κ3) is 2.49. The standard InChI is InChI=1S/C10H11N5O5/c1-20-9(19)4(16)2-3-7(17)13-6-5(12-3)8(18)15-10(11)14-6/h4,16H,2H2,1H3,(H4,11,13,14,15,17,18). The van der Waals surface area contributed by atoms with Crippen LogP contribution in [0.15, 0.2) is 9.59 Å². The summed E-state index contributed by atoms with van der Waals surface area (Å²) >= 11 is 0. The van der Waals surface area contributed by atoms with Crippen molar-refractivity contribution in [1.29, 1.82) is 0 Å². The number of aromatic nitrogens is 4. The second-order valence-corrected chi connectivity index (χ2v) is 3.90. The molecule has 1 unspecified atom stereocenters. The summed E-state index contributed by atoms with van der Waals surface area (Å²) in [6.45, 7) is 0. The Morgan fingerprint density at radius 1 is 1.35 bits per heavy atom. The number of methoxy groups -OCH3 is 1. The number of hydrogen-bond donors (Lipinski definition) is 4. The zero-order valence-corrected chi connectivity index (χ0v) is 10.3. The Hall–Kier alpha value is -2.75. The van der Waals surface area contributed by atoms with Gasteiger partial charge in [-0.2, -0.15) is 4.98 Å². The summed E-state index contributed by atoms with van der Waals surface area (Å²) in [5.41, 5.74) is 3.60. The van der Waals surface area contributed by atoms with Crippen LogP contribution >= 0.6 is 0 Å². The number of ether oxygens (including phenoxy) is 1. The van der Waals surface area contributed by atoms with E-state index in [1.807, 2.05) is 0 Å². The number of carbonyl (C=O) groups is 1. The van der Waals surface area contributed by atoms with Gasteiger partial charge < -0.3 is 20.6 Å². The Balaban J connectivity index is 2.51. The second-order valence-electron chi connectivity index (χ2n) is 3.90. The van der Waals surface area contributed by atoms with Crippen LogP contribution in [-0.4, -0.2) is 44.2 Å². The van der Waals surface area contributed by atoms with Gasteiger partial charge in [-0.3, -0.25) is 14.6 Å². The molecule has 1 atom stereocenters. The number of fused-ring (bicyclic) bond motifs is 1. The number of carbonyl (C=O) groups excluding carboxylic acids is 1. The molecule has 20 heavy (non-hydrogen) atoms. The van der Waals surface area contributed by atoms with Crippen molar-refractivity contribution in [2.45, 2.75) is 12.5 Å². The maximum atomic E-state index is 11.7. The average Bonchev–Trinajstić information content (AvgIpc) is 2.39. The Kier molecular flexibility index (Phi) is 3.48. The van der Waals surface area contributed by atoms with Crippen LogP contribution in [-0.2, 0) is 16.0 Å². The molecule has 10 heteroatoms. The van der Waals surface area contributed by atoms with Gasteiger partial charge in [0.25, 0.3) is 11.1 Å². The lowest BCUT2D eigenvalue weighted by molar-refractivity contribution is -0.150. The van der Waals surface area contributed by atoms with Gasteiger partial charge in [-0.1, -0.05) is 0 Å². The lowest BCUT2D eigenvalue weighted by atomic mass is 10.2. The van der Waals surface area contributed by atoms with Crippen LogP contribution in [0.5, 0.6) is 0 Å². The van der Waals surface area contributed by atoms with Crippen molar-refractivity contribution in [2.75, 3.05) is 12.8 Å². The second kappa shape index (κ2) is 5.09. The van der Waals surface area contributed by atoms with Gasteiger partial charge in [0.05, 0.1) is 7.11 Å². The lowest BCUT2D eigenvalue weighted by Crippen LogP contribution is -2.29. The molecule has 0 saturated carbocycles. The molecular weight excluding hydrogens is 270 g/mol. The van der Waals surface area contributed by atoms with Gasteiger partial charge >= 0.3 is 5.97 Å². The topological polar surface area (TPSA) is 164 Å². The van der Waals surface area contributed by atoms with Crippen molar-refractivity contribution < 1.29 is 14.6 Å². The lowest BCUT2D eigenvalue weighted by Gasteiger charge is -2.07. The van der Waals surface area contributed by atoms with Crippen molar-refractivity contribution in [1.82, 2.24) is 19.9 Å². The summed E-state index contributed by atoms with van der Waals surface area (Å²) in [5.74, 6) is -1.07. The average molecular weight is 281 g/mol. The highest BCUT2D eigenvalue weighted by molar-refractivity contribution is 5.74. The Bertz CT molecular complexity index is 780. The molecular formula is C10H11N5O5. The van der Waals surface area contributed by atoms with Crippen molar-refractivity contribution in [2.24, 2.45) is 0 Å². The van der Waals surface area contributed by atoms with E-state index in [4.69, 9.17) is 5.73 Å². The minimum absolute atomic E-state index is 0.0763. The van der Waals surface area contributed by atoms with E-state index in [9.17, 15) is 19.5 Å². The summed E-state index contributed by atoms with van der Waals surface area (Å²) in [6.07, 6.45) is -1.94. The molecule has 10 nitrogen and oxygen atoms in total. The smallest absolute Gasteiger partial charge is 0.335 e. The predicted octanol–water partition coefficient (Wildman–Crippen LogP) is -2.33. The van der Waals surface area contributed by atoms with Crippen molar-refractivity contribution in [3.05, 3.63) is 26.4 Å². The van der Waals surface area contributed by atoms with E-state index in [-0.39, 0.29) is 29.2 Å². The molecule has 0 bridgehead atoms. The summed E-state index contributed by atoms with van der Waals surface area (Å²) in [5, 5.41) is 9.49. The zero-order valence-electron chi connectivity index (χ0n) is 10.3. The quantitative estimate of drug-likeness (QED) is 0.454. The molecule has 0 saturated heterocycles. The Morgan fingerprint density at radius 2 is 2.05 bits per heavy atom. The largest absolute Gasteiger partial charge is 0.467 e. The van der Waals surface area contributed by atoms with Crippen LogP contribution in [0.25, 0.3) is 11.2 Å². The Labute approximate surface area is 110 Å². The molecule has 0 spiro atoms. The molecule has 106 valence electrons. The fourth-order valence-electron chi connectivity index (χ4n) is 1.58. The van der Waals surface area contributed by atoms with E-state index < -0.39 is 23.2 Å². The number of aliphatic hydroxyl groups excluding tert-OH is 1. The SMILES string of the molecule is COC(=O)C(O)Cc1nc2c(=O)[nH]c(N)nc2[nH]c1=O. The van der Waals surface area contributed by atoms with E-state index in [1.165, 1.54) is 0 Å². The summed E-state index contributed by atoms with van der Waals surface area (Å²) in [6, 6.07) is 0. The molecule has 0 amide bonds.